The standard InChI is InChI=1S/C29H46N2O6S/c1-17(2)29-20(21-16-38-23(30-21)14-31(8)9)15-36-24(33)13-22(32)27(5,6)26(35)19(4)25(34)18(3)11-10-12-28(29,7)37-29/h16,18-20,22,25,32,34H,1,10-15H2,2-9H3. The molecule has 3 heterocycles. The molecule has 9 heteroatoms. The predicted molar refractivity (Wildman–Crippen MR) is 148 cm³/mol. The number of fused-ring (bicyclic) bond motifs is 1. The average Bonchev–Trinajstić information content (AvgIpc) is 3.19. The number of esters is 1. The predicted octanol–water partition coefficient (Wildman–Crippen LogP) is 4.10. The molecule has 0 amide bonds. The van der Waals surface area contributed by atoms with E-state index in [1.807, 2.05) is 33.3 Å². The van der Waals surface area contributed by atoms with E-state index in [9.17, 15) is 19.8 Å². The minimum atomic E-state index is -1.25. The SMILES string of the molecule is C=C(C)C12OC1(C)CCCC(C)C(O)C(C)C(=O)C(C)(C)C(O)CC(=O)OCC2c1csc(CN(C)C)n1. The summed E-state index contributed by atoms with van der Waals surface area (Å²) in [6, 6.07) is 0. The number of cyclic esters (lactones) is 1. The monoisotopic (exact) mass is 550 g/mol. The number of Topliss-reactive ketones (excluding diaryl/α,β-unsaturated/α-hetero) is 1. The molecule has 38 heavy (non-hydrogen) atoms. The van der Waals surface area contributed by atoms with Crippen LogP contribution in [0.2, 0.25) is 0 Å². The first-order valence-corrected chi connectivity index (χ1v) is 14.5. The molecule has 2 saturated heterocycles. The van der Waals surface area contributed by atoms with E-state index in [1.54, 1.807) is 32.1 Å². The molecule has 1 aromatic heterocycles. The fraction of sp³-hybridized carbons (Fsp3) is 0.759. The molecule has 2 aliphatic heterocycles. The Kier molecular flexibility index (Phi) is 9.31. The summed E-state index contributed by atoms with van der Waals surface area (Å²) >= 11 is 1.56. The lowest BCUT2D eigenvalue weighted by molar-refractivity contribution is -0.152. The Balaban J connectivity index is 1.98. The summed E-state index contributed by atoms with van der Waals surface area (Å²) in [7, 11) is 3.98. The zero-order chi connectivity index (χ0) is 28.6. The summed E-state index contributed by atoms with van der Waals surface area (Å²) < 4.78 is 12.3. The van der Waals surface area contributed by atoms with E-state index in [-0.39, 0.29) is 30.6 Å². The molecule has 2 fully saturated rings. The largest absolute Gasteiger partial charge is 0.465 e. The molecule has 1 aromatic rings. The number of thiazole rings is 1. The Morgan fingerprint density at radius 1 is 1.24 bits per heavy atom. The summed E-state index contributed by atoms with van der Waals surface area (Å²) in [5, 5.41) is 24.8. The van der Waals surface area contributed by atoms with Crippen LogP contribution in [0.1, 0.15) is 83.8 Å². The molecule has 0 aromatic carbocycles. The molecule has 7 unspecified atom stereocenters. The van der Waals surface area contributed by atoms with Crippen LogP contribution in [0.4, 0.5) is 0 Å². The summed E-state index contributed by atoms with van der Waals surface area (Å²) in [6.07, 6.45) is -0.205. The fourth-order valence-electron chi connectivity index (χ4n) is 6.06. The number of aromatic nitrogens is 1. The maximum Gasteiger partial charge on any atom is 0.308 e. The number of carbonyl (C=O) groups is 2. The lowest BCUT2D eigenvalue weighted by atomic mass is 9.72. The number of epoxide rings is 1. The summed E-state index contributed by atoms with van der Waals surface area (Å²) in [6.45, 7) is 15.9. The van der Waals surface area contributed by atoms with Crippen molar-refractivity contribution in [3.63, 3.8) is 0 Å². The summed E-state index contributed by atoms with van der Waals surface area (Å²) in [5.74, 6) is -2.03. The number of hydrogen-bond acceptors (Lipinski definition) is 9. The van der Waals surface area contributed by atoms with Crippen LogP contribution in [0.15, 0.2) is 17.5 Å². The molecule has 0 spiro atoms. The average molecular weight is 551 g/mol. The second kappa shape index (κ2) is 11.5. The van der Waals surface area contributed by atoms with Gasteiger partial charge in [-0.05, 0) is 52.3 Å². The van der Waals surface area contributed by atoms with Crippen LogP contribution in [0.3, 0.4) is 0 Å². The Bertz CT molecular complexity index is 1040. The van der Waals surface area contributed by atoms with Gasteiger partial charge in [0.25, 0.3) is 0 Å². The second-order valence-corrected chi connectivity index (χ2v) is 13.4. The van der Waals surface area contributed by atoms with Crippen LogP contribution in [-0.4, -0.2) is 76.0 Å². The second-order valence-electron chi connectivity index (χ2n) is 12.4. The van der Waals surface area contributed by atoms with Crippen LogP contribution in [-0.2, 0) is 25.6 Å². The van der Waals surface area contributed by atoms with Gasteiger partial charge >= 0.3 is 5.97 Å². The van der Waals surface area contributed by atoms with E-state index >= 15 is 0 Å². The van der Waals surface area contributed by atoms with Gasteiger partial charge in [0.1, 0.15) is 28.6 Å². The smallest absolute Gasteiger partial charge is 0.308 e. The van der Waals surface area contributed by atoms with Crippen molar-refractivity contribution in [2.24, 2.45) is 17.3 Å². The number of nitrogens with zero attached hydrogens (tertiary/aromatic N) is 2. The van der Waals surface area contributed by atoms with Crippen molar-refractivity contribution in [2.75, 3.05) is 20.7 Å². The van der Waals surface area contributed by atoms with Crippen molar-refractivity contribution >= 4 is 23.1 Å². The first-order chi connectivity index (χ1) is 17.6. The van der Waals surface area contributed by atoms with Crippen molar-refractivity contribution in [1.29, 1.82) is 0 Å². The van der Waals surface area contributed by atoms with E-state index in [2.05, 4.69) is 18.4 Å². The highest BCUT2D eigenvalue weighted by molar-refractivity contribution is 7.09. The maximum absolute atomic E-state index is 13.3. The lowest BCUT2D eigenvalue weighted by Crippen LogP contribution is -2.45. The molecule has 0 radical (unpaired) electrons. The summed E-state index contributed by atoms with van der Waals surface area (Å²) in [4.78, 5) is 33.1. The third-order valence-corrected chi connectivity index (χ3v) is 9.55. The zero-order valence-corrected chi connectivity index (χ0v) is 25.1. The third kappa shape index (κ3) is 5.92. The van der Waals surface area contributed by atoms with E-state index in [0.717, 1.165) is 35.5 Å². The summed E-state index contributed by atoms with van der Waals surface area (Å²) in [5.41, 5.74) is -0.871. The number of ether oxygens (including phenoxy) is 2. The van der Waals surface area contributed by atoms with Gasteiger partial charge in [-0.25, -0.2) is 4.98 Å². The van der Waals surface area contributed by atoms with E-state index in [1.165, 1.54) is 0 Å². The molecule has 2 N–H and O–H groups in total. The third-order valence-electron chi connectivity index (χ3n) is 8.69. The van der Waals surface area contributed by atoms with Gasteiger partial charge in [-0.1, -0.05) is 40.7 Å². The number of ketones is 1. The molecular weight excluding hydrogens is 504 g/mol. The highest BCUT2D eigenvalue weighted by Crippen LogP contribution is 2.62. The maximum atomic E-state index is 13.3. The molecule has 3 rings (SSSR count). The van der Waals surface area contributed by atoms with Crippen LogP contribution >= 0.6 is 11.3 Å². The van der Waals surface area contributed by atoms with E-state index in [4.69, 9.17) is 14.5 Å². The molecular formula is C29H46N2O6S. The van der Waals surface area contributed by atoms with Crippen LogP contribution in [0.25, 0.3) is 0 Å². The quantitative estimate of drug-likeness (QED) is 0.327. The van der Waals surface area contributed by atoms with Crippen molar-refractivity contribution in [3.05, 3.63) is 28.2 Å². The molecule has 7 atom stereocenters. The molecule has 0 aliphatic carbocycles. The van der Waals surface area contributed by atoms with Crippen LogP contribution < -0.4 is 0 Å². The number of hydrogen-bond donors (Lipinski definition) is 2. The van der Waals surface area contributed by atoms with Gasteiger partial charge in [-0.3, -0.25) is 9.59 Å². The van der Waals surface area contributed by atoms with Crippen molar-refractivity contribution < 1.29 is 29.3 Å². The zero-order valence-electron chi connectivity index (χ0n) is 24.2. The minimum absolute atomic E-state index is 0.0268. The Morgan fingerprint density at radius 3 is 2.50 bits per heavy atom. The van der Waals surface area contributed by atoms with Crippen molar-refractivity contribution in [1.82, 2.24) is 9.88 Å². The molecule has 214 valence electrons. The number of rotatable bonds is 4. The van der Waals surface area contributed by atoms with Gasteiger partial charge in [-0.15, -0.1) is 11.3 Å². The number of aliphatic hydroxyl groups is 2. The fourth-order valence-corrected chi connectivity index (χ4v) is 7.03. The minimum Gasteiger partial charge on any atom is -0.465 e. The first-order valence-electron chi connectivity index (χ1n) is 13.6. The van der Waals surface area contributed by atoms with Gasteiger partial charge in [0.2, 0.25) is 0 Å². The van der Waals surface area contributed by atoms with Gasteiger partial charge in [0.05, 0.1) is 35.7 Å². The first kappa shape index (κ1) is 30.9. The van der Waals surface area contributed by atoms with Gasteiger partial charge < -0.3 is 24.6 Å². The number of aliphatic hydroxyl groups excluding tert-OH is 2. The molecule has 0 saturated carbocycles. The van der Waals surface area contributed by atoms with Crippen molar-refractivity contribution in [3.8, 4) is 0 Å². The number of carbonyl (C=O) groups excluding carboxylic acids is 2. The van der Waals surface area contributed by atoms with Gasteiger partial charge in [0.15, 0.2) is 0 Å². The van der Waals surface area contributed by atoms with E-state index in [0.29, 0.717) is 6.54 Å². The Morgan fingerprint density at radius 2 is 1.89 bits per heavy atom. The molecule has 2 aliphatic rings. The lowest BCUT2D eigenvalue weighted by Gasteiger charge is -2.34. The van der Waals surface area contributed by atoms with Crippen molar-refractivity contribution in [2.45, 2.75) is 103 Å². The highest BCUT2D eigenvalue weighted by Gasteiger charge is 2.71. The Labute approximate surface area is 231 Å². The topological polar surface area (TPSA) is 112 Å². The van der Waals surface area contributed by atoms with Crippen LogP contribution in [0, 0.1) is 17.3 Å². The van der Waals surface area contributed by atoms with Gasteiger partial charge in [-0.2, -0.15) is 0 Å². The molecule has 0 bridgehead atoms. The molecule has 8 nitrogen and oxygen atoms in total. The van der Waals surface area contributed by atoms with Crippen LogP contribution in [0.5, 0.6) is 0 Å². The van der Waals surface area contributed by atoms with Gasteiger partial charge in [0, 0.05) is 17.8 Å². The Hall–Kier alpha value is -1.65. The normalized spacial score (nSPS) is 37.0. The van der Waals surface area contributed by atoms with E-state index < -0.39 is 40.7 Å². The highest BCUT2D eigenvalue weighted by atomic mass is 32.1.